The summed E-state index contributed by atoms with van der Waals surface area (Å²) in [4.78, 5) is 31.8. The highest BCUT2D eigenvalue weighted by atomic mass is 32.1. The molecule has 1 fully saturated rings. The van der Waals surface area contributed by atoms with Gasteiger partial charge in [0, 0.05) is 17.5 Å². The zero-order valence-electron chi connectivity index (χ0n) is 19.9. The fourth-order valence-corrected chi connectivity index (χ4v) is 5.63. The highest BCUT2D eigenvalue weighted by molar-refractivity contribution is 7.10. The van der Waals surface area contributed by atoms with Crippen LogP contribution in [-0.4, -0.2) is 54.5 Å². The fraction of sp³-hybridized carbons (Fsp3) is 0.357. The summed E-state index contributed by atoms with van der Waals surface area (Å²) in [6.45, 7) is 1.07. The van der Waals surface area contributed by atoms with Crippen LogP contribution >= 0.6 is 11.3 Å². The summed E-state index contributed by atoms with van der Waals surface area (Å²) in [5.41, 5.74) is 2.11. The van der Waals surface area contributed by atoms with E-state index in [1.54, 1.807) is 23.3 Å². The van der Waals surface area contributed by atoms with Crippen LogP contribution in [0.4, 0.5) is 0 Å². The van der Waals surface area contributed by atoms with Crippen molar-refractivity contribution < 1.29 is 19.1 Å². The van der Waals surface area contributed by atoms with E-state index in [9.17, 15) is 9.59 Å². The van der Waals surface area contributed by atoms with Crippen LogP contribution < -0.4 is 9.47 Å². The van der Waals surface area contributed by atoms with Crippen molar-refractivity contribution in [3.8, 4) is 11.5 Å². The Kier molecular flexibility index (Phi) is 7.04. The highest BCUT2D eigenvalue weighted by Crippen LogP contribution is 2.36. The molecule has 5 rings (SSSR count). The smallest absolute Gasteiger partial charge is 0.242 e. The fourth-order valence-electron chi connectivity index (χ4n) is 4.70. The van der Waals surface area contributed by atoms with Crippen molar-refractivity contribution in [3.05, 3.63) is 82.0 Å². The molecule has 1 aliphatic carbocycles. The lowest BCUT2D eigenvalue weighted by Crippen LogP contribution is -2.48. The average molecular weight is 491 g/mol. The Morgan fingerprint density at radius 2 is 1.77 bits per heavy atom. The van der Waals surface area contributed by atoms with Gasteiger partial charge in [0.1, 0.15) is 13.2 Å². The minimum absolute atomic E-state index is 0.0158. The standard InChI is InChI=1S/C28H30N2O4S/c1-33-24-9-5-6-10-25(24)34-19-23-22-14-16-35-26(22)13-15-29(23)28(32)18-30(21-11-12-21)27(31)17-20-7-3-2-4-8-20/h2-10,14,16,21,23H,11-13,15,17-19H2,1H3. The van der Waals surface area contributed by atoms with Crippen molar-refractivity contribution in [1.82, 2.24) is 9.80 Å². The van der Waals surface area contributed by atoms with Gasteiger partial charge in [-0.1, -0.05) is 42.5 Å². The number of fused-ring (bicyclic) bond motifs is 1. The molecule has 6 nitrogen and oxygen atoms in total. The van der Waals surface area contributed by atoms with E-state index in [2.05, 4.69) is 11.4 Å². The number of para-hydroxylation sites is 2. The molecule has 3 aromatic rings. The molecule has 1 unspecified atom stereocenters. The zero-order valence-corrected chi connectivity index (χ0v) is 20.7. The Morgan fingerprint density at radius 1 is 1.03 bits per heavy atom. The molecule has 0 bridgehead atoms. The molecule has 2 aliphatic rings. The van der Waals surface area contributed by atoms with E-state index < -0.39 is 0 Å². The van der Waals surface area contributed by atoms with Crippen molar-refractivity contribution in [1.29, 1.82) is 0 Å². The monoisotopic (exact) mass is 490 g/mol. The van der Waals surface area contributed by atoms with Crippen LogP contribution in [0.25, 0.3) is 0 Å². The molecule has 2 heterocycles. The summed E-state index contributed by atoms with van der Waals surface area (Å²) in [7, 11) is 1.62. The van der Waals surface area contributed by atoms with Gasteiger partial charge in [-0.3, -0.25) is 9.59 Å². The van der Waals surface area contributed by atoms with Crippen molar-refractivity contribution in [3.63, 3.8) is 0 Å². The topological polar surface area (TPSA) is 59.1 Å². The van der Waals surface area contributed by atoms with Gasteiger partial charge in [0.05, 0.1) is 19.6 Å². The third kappa shape index (κ3) is 5.35. The van der Waals surface area contributed by atoms with E-state index >= 15 is 0 Å². The van der Waals surface area contributed by atoms with Gasteiger partial charge in [0.25, 0.3) is 0 Å². The molecule has 35 heavy (non-hydrogen) atoms. The average Bonchev–Trinajstić information content (AvgIpc) is 3.61. The Balaban J connectivity index is 1.31. The molecule has 1 atom stereocenters. The summed E-state index contributed by atoms with van der Waals surface area (Å²) >= 11 is 1.72. The van der Waals surface area contributed by atoms with Crippen LogP contribution in [0.5, 0.6) is 11.5 Å². The first-order valence-corrected chi connectivity index (χ1v) is 13.0. The number of amides is 2. The third-order valence-electron chi connectivity index (χ3n) is 6.69. The summed E-state index contributed by atoms with van der Waals surface area (Å²) in [5.74, 6) is 1.31. The molecule has 0 N–H and O–H groups in total. The number of rotatable bonds is 9. The summed E-state index contributed by atoms with van der Waals surface area (Å²) in [6, 6.07) is 19.3. The number of ether oxygens (including phenoxy) is 2. The Morgan fingerprint density at radius 3 is 2.51 bits per heavy atom. The molecule has 0 saturated heterocycles. The maximum Gasteiger partial charge on any atom is 0.242 e. The van der Waals surface area contributed by atoms with Gasteiger partial charge in [-0.25, -0.2) is 0 Å². The van der Waals surface area contributed by atoms with Crippen LogP contribution in [-0.2, 0) is 22.4 Å². The van der Waals surface area contributed by atoms with Gasteiger partial charge >= 0.3 is 0 Å². The van der Waals surface area contributed by atoms with Gasteiger partial charge in [0.15, 0.2) is 11.5 Å². The predicted octanol–water partition coefficient (Wildman–Crippen LogP) is 4.50. The maximum atomic E-state index is 13.6. The third-order valence-corrected chi connectivity index (χ3v) is 7.69. The van der Waals surface area contributed by atoms with Gasteiger partial charge < -0.3 is 19.3 Å². The number of hydrogen-bond acceptors (Lipinski definition) is 5. The summed E-state index contributed by atoms with van der Waals surface area (Å²) < 4.78 is 11.6. The summed E-state index contributed by atoms with van der Waals surface area (Å²) in [6.07, 6.45) is 3.07. The second-order valence-corrected chi connectivity index (χ2v) is 10.0. The number of carbonyl (C=O) groups is 2. The van der Waals surface area contributed by atoms with Crippen LogP contribution in [0.1, 0.15) is 34.9 Å². The largest absolute Gasteiger partial charge is 0.493 e. The molecular weight excluding hydrogens is 460 g/mol. The molecule has 1 saturated carbocycles. The molecule has 2 aromatic carbocycles. The van der Waals surface area contributed by atoms with Gasteiger partial charge in [-0.15, -0.1) is 11.3 Å². The van der Waals surface area contributed by atoms with E-state index in [0.29, 0.717) is 31.1 Å². The highest BCUT2D eigenvalue weighted by Gasteiger charge is 2.38. The molecule has 2 amide bonds. The first-order chi connectivity index (χ1) is 17.1. The number of hydrogen-bond donors (Lipinski definition) is 0. The van der Waals surface area contributed by atoms with E-state index in [-0.39, 0.29) is 30.4 Å². The van der Waals surface area contributed by atoms with Crippen molar-refractivity contribution in [2.45, 2.75) is 37.8 Å². The molecule has 7 heteroatoms. The lowest BCUT2D eigenvalue weighted by molar-refractivity contribution is -0.143. The van der Waals surface area contributed by atoms with Crippen molar-refractivity contribution in [2.24, 2.45) is 0 Å². The number of thiophene rings is 1. The Hall–Kier alpha value is -3.32. The molecule has 1 aliphatic heterocycles. The minimum atomic E-state index is -0.201. The normalized spacial score (nSPS) is 16.9. The predicted molar refractivity (Wildman–Crippen MR) is 136 cm³/mol. The van der Waals surface area contributed by atoms with Crippen molar-refractivity contribution >= 4 is 23.2 Å². The second-order valence-electron chi connectivity index (χ2n) is 9.03. The van der Waals surface area contributed by atoms with Gasteiger partial charge in [-0.2, -0.15) is 0 Å². The molecule has 0 radical (unpaired) electrons. The number of carbonyl (C=O) groups excluding carboxylic acids is 2. The number of nitrogens with zero attached hydrogens (tertiary/aromatic N) is 2. The van der Waals surface area contributed by atoms with Crippen LogP contribution in [0.2, 0.25) is 0 Å². The number of benzene rings is 2. The van der Waals surface area contributed by atoms with Crippen LogP contribution in [0.3, 0.4) is 0 Å². The van der Waals surface area contributed by atoms with E-state index in [1.807, 2.05) is 59.5 Å². The van der Waals surface area contributed by atoms with Crippen molar-refractivity contribution in [2.75, 3.05) is 26.8 Å². The van der Waals surface area contributed by atoms with Crippen LogP contribution in [0, 0.1) is 0 Å². The number of methoxy groups -OCH3 is 1. The molecule has 0 spiro atoms. The van der Waals surface area contributed by atoms with Gasteiger partial charge in [-0.05, 0) is 54.0 Å². The van der Waals surface area contributed by atoms with E-state index in [4.69, 9.17) is 9.47 Å². The lowest BCUT2D eigenvalue weighted by Gasteiger charge is -2.37. The van der Waals surface area contributed by atoms with Crippen LogP contribution in [0.15, 0.2) is 66.0 Å². The second kappa shape index (κ2) is 10.5. The first-order valence-electron chi connectivity index (χ1n) is 12.1. The minimum Gasteiger partial charge on any atom is -0.493 e. The Labute approximate surface area is 210 Å². The maximum absolute atomic E-state index is 13.6. The molecular formula is C28H30N2O4S. The van der Waals surface area contributed by atoms with E-state index in [1.165, 1.54) is 4.88 Å². The quantitative estimate of drug-likeness (QED) is 0.443. The van der Waals surface area contributed by atoms with E-state index in [0.717, 1.165) is 30.4 Å². The first kappa shape index (κ1) is 23.4. The Bertz CT molecular complexity index is 1170. The zero-order chi connectivity index (χ0) is 24.2. The summed E-state index contributed by atoms with van der Waals surface area (Å²) in [5, 5.41) is 2.08. The SMILES string of the molecule is COc1ccccc1OCC1c2ccsc2CCN1C(=O)CN(C(=O)Cc1ccccc1)C1CC1. The molecule has 182 valence electrons. The molecule has 1 aromatic heterocycles. The van der Waals surface area contributed by atoms with Gasteiger partial charge in [0.2, 0.25) is 11.8 Å². The lowest BCUT2D eigenvalue weighted by atomic mass is 10.0.